The highest BCUT2D eigenvalue weighted by Crippen LogP contribution is 2.48. The van der Waals surface area contributed by atoms with Crippen molar-refractivity contribution in [2.24, 2.45) is 23.0 Å². The van der Waals surface area contributed by atoms with Gasteiger partial charge in [0, 0.05) is 23.8 Å². The summed E-state index contributed by atoms with van der Waals surface area (Å²) >= 11 is 1.74. The fraction of sp³-hybridized carbons (Fsp3) is 0.480. The Bertz CT molecular complexity index is 1130. The molecular formula is C25H30N6S. The Morgan fingerprint density at radius 3 is 2.81 bits per heavy atom. The van der Waals surface area contributed by atoms with E-state index in [-0.39, 0.29) is 5.41 Å². The summed E-state index contributed by atoms with van der Waals surface area (Å²) in [5.74, 6) is 2.38. The zero-order valence-corrected chi connectivity index (χ0v) is 19.3. The first-order valence-corrected chi connectivity index (χ1v) is 12.4. The van der Waals surface area contributed by atoms with Gasteiger partial charge in [-0.3, -0.25) is 0 Å². The highest BCUT2D eigenvalue weighted by atomic mass is 32.1. The SMILES string of the molecule is CC1(CNc2nc(NCc3cccc4ccsc34)ncc2C#N)C[C@H]2CCC[C@@H](C1)C2N. The van der Waals surface area contributed by atoms with E-state index in [0.717, 1.165) is 19.4 Å². The van der Waals surface area contributed by atoms with Crippen LogP contribution in [0.15, 0.2) is 35.8 Å². The minimum Gasteiger partial charge on any atom is -0.368 e. The van der Waals surface area contributed by atoms with Gasteiger partial charge in [-0.05, 0) is 65.3 Å². The molecule has 1 aromatic carbocycles. The van der Waals surface area contributed by atoms with Crippen molar-refractivity contribution in [2.75, 3.05) is 17.2 Å². The van der Waals surface area contributed by atoms with Gasteiger partial charge in [-0.2, -0.15) is 10.2 Å². The van der Waals surface area contributed by atoms with Crippen molar-refractivity contribution in [1.29, 1.82) is 5.26 Å². The topological polar surface area (TPSA) is 99.6 Å². The highest BCUT2D eigenvalue weighted by molar-refractivity contribution is 7.17. The zero-order chi connectivity index (χ0) is 22.1. The lowest BCUT2D eigenvalue weighted by molar-refractivity contribution is 0.0549. The largest absolute Gasteiger partial charge is 0.368 e. The summed E-state index contributed by atoms with van der Waals surface area (Å²) in [7, 11) is 0. The molecule has 32 heavy (non-hydrogen) atoms. The number of hydrogen-bond donors (Lipinski definition) is 3. The molecule has 7 heteroatoms. The molecule has 4 N–H and O–H groups in total. The van der Waals surface area contributed by atoms with Crippen LogP contribution in [0.3, 0.4) is 0 Å². The van der Waals surface area contributed by atoms with E-state index in [2.05, 4.69) is 63.2 Å². The summed E-state index contributed by atoms with van der Waals surface area (Å²) < 4.78 is 1.28. The molecule has 4 atom stereocenters. The van der Waals surface area contributed by atoms with Crippen LogP contribution in [-0.4, -0.2) is 22.6 Å². The Hall–Kier alpha value is -2.69. The Balaban J connectivity index is 1.28. The van der Waals surface area contributed by atoms with Gasteiger partial charge in [0.15, 0.2) is 0 Å². The Morgan fingerprint density at radius 2 is 2.03 bits per heavy atom. The van der Waals surface area contributed by atoms with Crippen LogP contribution in [0, 0.1) is 28.6 Å². The molecule has 2 fully saturated rings. The van der Waals surface area contributed by atoms with Gasteiger partial charge in [-0.1, -0.05) is 31.5 Å². The number of nitrogens with one attached hydrogen (secondary N) is 2. The molecule has 2 aliphatic carbocycles. The molecule has 0 radical (unpaired) electrons. The van der Waals surface area contributed by atoms with Gasteiger partial charge in [0.05, 0.1) is 6.20 Å². The van der Waals surface area contributed by atoms with Crippen molar-refractivity contribution in [2.45, 2.75) is 51.6 Å². The van der Waals surface area contributed by atoms with E-state index in [0.29, 0.717) is 41.8 Å². The van der Waals surface area contributed by atoms with E-state index < -0.39 is 0 Å². The minimum absolute atomic E-state index is 0.172. The molecule has 0 spiro atoms. The Labute approximate surface area is 193 Å². The quantitative estimate of drug-likeness (QED) is 0.485. The maximum absolute atomic E-state index is 9.57. The van der Waals surface area contributed by atoms with E-state index in [4.69, 9.17) is 5.73 Å². The molecule has 2 unspecified atom stereocenters. The molecule has 166 valence electrons. The van der Waals surface area contributed by atoms with Crippen molar-refractivity contribution < 1.29 is 0 Å². The van der Waals surface area contributed by atoms with Crippen LogP contribution in [0.1, 0.15) is 50.2 Å². The number of thiophene rings is 1. The van der Waals surface area contributed by atoms with E-state index in [1.807, 2.05) is 0 Å². The predicted octanol–water partition coefficient (Wildman–Crippen LogP) is 5.13. The second-order valence-electron chi connectivity index (χ2n) is 9.78. The molecule has 0 amide bonds. The second kappa shape index (κ2) is 8.68. The first kappa shape index (κ1) is 21.2. The van der Waals surface area contributed by atoms with Crippen LogP contribution in [-0.2, 0) is 6.54 Å². The van der Waals surface area contributed by atoms with Crippen LogP contribution in [0.2, 0.25) is 0 Å². The molecule has 2 bridgehead atoms. The van der Waals surface area contributed by atoms with Gasteiger partial charge in [0.1, 0.15) is 17.5 Å². The predicted molar refractivity (Wildman–Crippen MR) is 131 cm³/mol. The summed E-state index contributed by atoms with van der Waals surface area (Å²) in [4.78, 5) is 9.02. The normalized spacial score (nSPS) is 27.1. The van der Waals surface area contributed by atoms with Crippen LogP contribution in [0.4, 0.5) is 11.8 Å². The van der Waals surface area contributed by atoms with E-state index in [1.54, 1.807) is 17.5 Å². The number of fused-ring (bicyclic) bond motifs is 3. The van der Waals surface area contributed by atoms with Gasteiger partial charge in [0.25, 0.3) is 0 Å². The molecule has 2 aliphatic rings. The average molecular weight is 447 g/mol. The number of hydrogen-bond acceptors (Lipinski definition) is 7. The lowest BCUT2D eigenvalue weighted by Gasteiger charge is -2.49. The molecule has 2 saturated carbocycles. The first-order chi connectivity index (χ1) is 15.5. The summed E-state index contributed by atoms with van der Waals surface area (Å²) in [5.41, 5.74) is 8.37. The molecule has 5 rings (SSSR count). The monoisotopic (exact) mass is 446 g/mol. The standard InChI is InChI=1S/C25H30N6S/c1-25(10-17-5-3-6-18(11-25)21(17)27)15-30-23-20(12-26)14-29-24(31-23)28-13-19-7-2-4-16-8-9-32-22(16)19/h2,4,7-9,14,17-18,21H,3,5-6,10-11,13,15,27H2,1H3,(H2,28,29,30,31)/t17-,18+,21?,25?. The van der Waals surface area contributed by atoms with Gasteiger partial charge in [-0.25, -0.2) is 4.98 Å². The third-order valence-electron chi connectivity index (χ3n) is 7.34. The Morgan fingerprint density at radius 1 is 1.22 bits per heavy atom. The minimum atomic E-state index is 0.172. The number of benzene rings is 1. The fourth-order valence-corrected chi connectivity index (χ4v) is 6.65. The summed E-state index contributed by atoms with van der Waals surface area (Å²) in [6, 6.07) is 11.0. The second-order valence-corrected chi connectivity index (χ2v) is 10.7. The van der Waals surface area contributed by atoms with Crippen LogP contribution >= 0.6 is 11.3 Å². The third kappa shape index (κ3) is 4.17. The van der Waals surface area contributed by atoms with E-state index in [9.17, 15) is 5.26 Å². The first-order valence-electron chi connectivity index (χ1n) is 11.5. The summed E-state index contributed by atoms with van der Waals surface area (Å²) in [6.45, 7) is 3.79. The zero-order valence-electron chi connectivity index (χ0n) is 18.5. The number of anilines is 2. The van der Waals surface area contributed by atoms with Crippen LogP contribution in [0.25, 0.3) is 10.1 Å². The van der Waals surface area contributed by atoms with E-state index >= 15 is 0 Å². The van der Waals surface area contributed by atoms with Gasteiger partial charge in [0.2, 0.25) is 5.95 Å². The molecule has 0 aliphatic heterocycles. The van der Waals surface area contributed by atoms with E-state index in [1.165, 1.54) is 34.9 Å². The third-order valence-corrected chi connectivity index (χ3v) is 8.34. The number of nitriles is 1. The van der Waals surface area contributed by atoms with Gasteiger partial charge < -0.3 is 16.4 Å². The Kier molecular flexibility index (Phi) is 5.75. The fourth-order valence-electron chi connectivity index (χ4n) is 5.73. The summed E-state index contributed by atoms with van der Waals surface area (Å²) in [5, 5.41) is 19.8. The molecule has 3 aromatic rings. The molecule has 2 heterocycles. The van der Waals surface area contributed by atoms with Crippen molar-refractivity contribution >= 4 is 33.2 Å². The van der Waals surface area contributed by atoms with Crippen LogP contribution < -0.4 is 16.4 Å². The molecular weight excluding hydrogens is 416 g/mol. The molecule has 2 aromatic heterocycles. The van der Waals surface area contributed by atoms with Crippen molar-refractivity contribution in [3.63, 3.8) is 0 Å². The lowest BCUT2D eigenvalue weighted by Crippen LogP contribution is -2.50. The number of aromatic nitrogens is 2. The maximum atomic E-state index is 9.57. The maximum Gasteiger partial charge on any atom is 0.224 e. The van der Waals surface area contributed by atoms with Crippen molar-refractivity contribution in [3.8, 4) is 6.07 Å². The van der Waals surface area contributed by atoms with Gasteiger partial charge >= 0.3 is 0 Å². The number of nitrogens with two attached hydrogens (primary N) is 1. The number of rotatable bonds is 6. The highest BCUT2D eigenvalue weighted by Gasteiger charge is 2.43. The van der Waals surface area contributed by atoms with Crippen molar-refractivity contribution in [3.05, 3.63) is 47.0 Å². The smallest absolute Gasteiger partial charge is 0.224 e. The van der Waals surface area contributed by atoms with Crippen molar-refractivity contribution in [1.82, 2.24) is 9.97 Å². The van der Waals surface area contributed by atoms with Crippen LogP contribution in [0.5, 0.6) is 0 Å². The average Bonchev–Trinajstić information content (AvgIpc) is 3.27. The number of nitrogens with zero attached hydrogens (tertiary/aromatic N) is 3. The molecule has 6 nitrogen and oxygen atoms in total. The summed E-state index contributed by atoms with van der Waals surface area (Å²) in [6.07, 6.45) is 7.69. The van der Waals surface area contributed by atoms with Gasteiger partial charge in [-0.15, -0.1) is 11.3 Å². The molecule has 0 saturated heterocycles. The lowest BCUT2D eigenvalue weighted by atomic mass is 9.59.